The molecular weight excluding hydrogens is 184 g/mol. The van der Waals surface area contributed by atoms with Gasteiger partial charge in [0.05, 0.1) is 0 Å². The Kier molecular flexibility index (Phi) is 2.17. The molecule has 1 aromatic rings. The minimum absolute atomic E-state index is 0.765. The molecule has 1 fully saturated rings. The van der Waals surface area contributed by atoms with Crippen LogP contribution in [0.25, 0.3) is 0 Å². The summed E-state index contributed by atoms with van der Waals surface area (Å²) in [4.78, 5) is 2.57. The Morgan fingerprint density at radius 3 is 2.93 bits per heavy atom. The van der Waals surface area contributed by atoms with Crippen LogP contribution >= 0.6 is 0 Å². The third-order valence-corrected chi connectivity index (χ3v) is 3.80. The molecule has 2 nitrogen and oxygen atoms in total. The molecule has 0 amide bonds. The van der Waals surface area contributed by atoms with Gasteiger partial charge in [0.1, 0.15) is 0 Å². The largest absolute Gasteiger partial charge is 0.399 e. The molecule has 3 rings (SSSR count). The van der Waals surface area contributed by atoms with Gasteiger partial charge in [0.2, 0.25) is 0 Å². The summed E-state index contributed by atoms with van der Waals surface area (Å²) in [5.41, 5.74) is 9.76. The summed E-state index contributed by atoms with van der Waals surface area (Å²) in [6, 6.07) is 6.45. The second-order valence-electron chi connectivity index (χ2n) is 4.85. The number of aryl methyl sites for hydroxylation is 1. The number of likely N-dealkylation sites (tertiary alicyclic amines) is 1. The van der Waals surface area contributed by atoms with E-state index in [1.807, 2.05) is 6.07 Å². The Hall–Kier alpha value is -1.02. The summed E-state index contributed by atoms with van der Waals surface area (Å²) in [6.45, 7) is 3.87. The Bertz CT molecular complexity index is 369. The average Bonchev–Trinajstić information content (AvgIpc) is 2.54. The minimum atomic E-state index is 0.765. The number of fused-ring (bicyclic) bond motifs is 1. The molecule has 0 radical (unpaired) electrons. The molecule has 2 heteroatoms. The van der Waals surface area contributed by atoms with E-state index in [9.17, 15) is 0 Å². The van der Waals surface area contributed by atoms with Crippen LogP contribution in [0.5, 0.6) is 0 Å². The number of nitrogen functional groups attached to an aromatic ring is 1. The van der Waals surface area contributed by atoms with Gasteiger partial charge in [-0.25, -0.2) is 0 Å². The molecule has 1 heterocycles. The average molecular weight is 202 g/mol. The zero-order chi connectivity index (χ0) is 10.3. The quantitative estimate of drug-likeness (QED) is 0.743. The first-order valence-electron chi connectivity index (χ1n) is 5.93. The molecule has 0 aromatic heterocycles. The Morgan fingerprint density at radius 2 is 2.20 bits per heavy atom. The van der Waals surface area contributed by atoms with E-state index in [0.717, 1.165) is 11.6 Å². The predicted octanol–water partition coefficient (Wildman–Crippen LogP) is 2.00. The lowest BCUT2D eigenvalue weighted by Crippen LogP contribution is -2.39. The highest BCUT2D eigenvalue weighted by Crippen LogP contribution is 2.35. The van der Waals surface area contributed by atoms with Crippen LogP contribution in [0.4, 0.5) is 5.69 Å². The zero-order valence-corrected chi connectivity index (χ0v) is 9.08. The van der Waals surface area contributed by atoms with Crippen molar-refractivity contribution >= 4 is 5.69 Å². The van der Waals surface area contributed by atoms with Gasteiger partial charge in [-0.2, -0.15) is 0 Å². The van der Waals surface area contributed by atoms with E-state index in [2.05, 4.69) is 17.0 Å². The molecule has 15 heavy (non-hydrogen) atoms. The van der Waals surface area contributed by atoms with Crippen LogP contribution in [-0.2, 0) is 6.42 Å². The molecule has 0 bridgehead atoms. The monoisotopic (exact) mass is 202 g/mol. The van der Waals surface area contributed by atoms with Crippen molar-refractivity contribution in [3.8, 4) is 0 Å². The van der Waals surface area contributed by atoms with E-state index < -0.39 is 0 Å². The Morgan fingerprint density at radius 1 is 1.33 bits per heavy atom. The van der Waals surface area contributed by atoms with Crippen molar-refractivity contribution in [3.63, 3.8) is 0 Å². The summed E-state index contributed by atoms with van der Waals surface area (Å²) in [5, 5.41) is 0. The molecule has 1 aliphatic carbocycles. The lowest BCUT2D eigenvalue weighted by Gasteiger charge is -2.33. The van der Waals surface area contributed by atoms with E-state index in [1.165, 1.54) is 44.5 Å². The topological polar surface area (TPSA) is 29.3 Å². The smallest absolute Gasteiger partial charge is 0.0316 e. The van der Waals surface area contributed by atoms with Gasteiger partial charge in [-0.15, -0.1) is 0 Å². The van der Waals surface area contributed by atoms with Gasteiger partial charge < -0.3 is 10.6 Å². The normalized spacial score (nSPS) is 24.9. The molecule has 2 aliphatic rings. The maximum absolute atomic E-state index is 5.80. The molecule has 1 aliphatic heterocycles. The van der Waals surface area contributed by atoms with Gasteiger partial charge in [0, 0.05) is 12.2 Å². The van der Waals surface area contributed by atoms with Crippen molar-refractivity contribution in [2.45, 2.75) is 25.2 Å². The van der Waals surface area contributed by atoms with E-state index in [4.69, 9.17) is 5.73 Å². The predicted molar refractivity (Wildman–Crippen MR) is 63.0 cm³/mol. The van der Waals surface area contributed by atoms with E-state index in [0.29, 0.717) is 0 Å². The van der Waals surface area contributed by atoms with Gasteiger partial charge in [-0.1, -0.05) is 6.07 Å². The summed E-state index contributed by atoms with van der Waals surface area (Å²) in [6.07, 6.45) is 3.93. The van der Waals surface area contributed by atoms with Gasteiger partial charge in [-0.05, 0) is 61.5 Å². The van der Waals surface area contributed by atoms with Gasteiger partial charge in [0.25, 0.3) is 0 Å². The van der Waals surface area contributed by atoms with E-state index in [-0.39, 0.29) is 0 Å². The molecule has 1 aromatic carbocycles. The molecule has 1 atom stereocenters. The van der Waals surface area contributed by atoms with Crippen LogP contribution < -0.4 is 5.73 Å². The molecule has 0 spiro atoms. The van der Waals surface area contributed by atoms with Crippen LogP contribution in [0.3, 0.4) is 0 Å². The molecular formula is C13H18N2. The van der Waals surface area contributed by atoms with Crippen molar-refractivity contribution in [1.82, 2.24) is 4.90 Å². The maximum Gasteiger partial charge on any atom is 0.0316 e. The van der Waals surface area contributed by atoms with Crippen LogP contribution in [0.1, 0.15) is 29.9 Å². The Labute approximate surface area is 91.1 Å². The fraction of sp³-hybridized carbons (Fsp3) is 0.538. The van der Waals surface area contributed by atoms with Crippen molar-refractivity contribution in [2.24, 2.45) is 0 Å². The number of nitrogens with two attached hydrogens (primary N) is 1. The van der Waals surface area contributed by atoms with Crippen molar-refractivity contribution in [2.75, 3.05) is 25.4 Å². The minimum Gasteiger partial charge on any atom is -0.399 e. The number of hydrogen-bond donors (Lipinski definition) is 1. The van der Waals surface area contributed by atoms with Crippen molar-refractivity contribution in [1.29, 1.82) is 0 Å². The summed E-state index contributed by atoms with van der Waals surface area (Å²) >= 11 is 0. The second kappa shape index (κ2) is 3.53. The zero-order valence-electron chi connectivity index (χ0n) is 9.08. The van der Waals surface area contributed by atoms with Crippen LogP contribution in [0.2, 0.25) is 0 Å². The third-order valence-electron chi connectivity index (χ3n) is 3.80. The van der Waals surface area contributed by atoms with Crippen LogP contribution in [0.15, 0.2) is 18.2 Å². The van der Waals surface area contributed by atoms with Gasteiger partial charge in [0.15, 0.2) is 0 Å². The van der Waals surface area contributed by atoms with Crippen LogP contribution in [0, 0.1) is 0 Å². The Balaban J connectivity index is 1.78. The molecule has 1 saturated heterocycles. The maximum atomic E-state index is 5.80. The molecule has 1 unspecified atom stereocenters. The highest BCUT2D eigenvalue weighted by molar-refractivity contribution is 5.48. The standard InChI is InChI=1S/C13H18N2/c14-12-4-5-13-10(8-12)2-3-11(13)9-15-6-1-7-15/h4-5,8,11H,1-3,6-7,9,14H2. The fourth-order valence-electron chi connectivity index (χ4n) is 2.79. The first-order chi connectivity index (χ1) is 7.33. The van der Waals surface area contributed by atoms with E-state index >= 15 is 0 Å². The second-order valence-corrected chi connectivity index (χ2v) is 4.85. The van der Waals surface area contributed by atoms with Crippen molar-refractivity contribution < 1.29 is 0 Å². The highest BCUT2D eigenvalue weighted by atomic mass is 15.2. The number of benzene rings is 1. The van der Waals surface area contributed by atoms with Crippen molar-refractivity contribution in [3.05, 3.63) is 29.3 Å². The van der Waals surface area contributed by atoms with Gasteiger partial charge >= 0.3 is 0 Å². The first-order valence-corrected chi connectivity index (χ1v) is 5.93. The molecule has 80 valence electrons. The van der Waals surface area contributed by atoms with Gasteiger partial charge in [-0.3, -0.25) is 0 Å². The fourth-order valence-corrected chi connectivity index (χ4v) is 2.79. The number of hydrogen-bond acceptors (Lipinski definition) is 2. The molecule has 2 N–H and O–H groups in total. The highest BCUT2D eigenvalue weighted by Gasteiger charge is 2.26. The summed E-state index contributed by atoms with van der Waals surface area (Å²) in [7, 11) is 0. The number of anilines is 1. The van der Waals surface area contributed by atoms with E-state index in [1.54, 1.807) is 5.56 Å². The number of nitrogens with zero attached hydrogens (tertiary/aromatic N) is 1. The third kappa shape index (κ3) is 1.63. The SMILES string of the molecule is Nc1ccc2c(c1)CCC2CN1CCC1. The first kappa shape index (κ1) is 9.22. The molecule has 0 saturated carbocycles. The lowest BCUT2D eigenvalue weighted by molar-refractivity contribution is 0.169. The lowest BCUT2D eigenvalue weighted by atomic mass is 9.99. The number of rotatable bonds is 2. The summed E-state index contributed by atoms with van der Waals surface area (Å²) in [5.74, 6) is 0.765. The summed E-state index contributed by atoms with van der Waals surface area (Å²) < 4.78 is 0. The van der Waals surface area contributed by atoms with Crippen LogP contribution in [-0.4, -0.2) is 24.5 Å².